The molecule has 4 nitrogen and oxygen atoms in total. The SMILES string of the molecule is CN=C(NCc1ccc(Cl)cc1)NCc1ncccc1F. The third-order valence-electron chi connectivity index (χ3n) is 2.85. The summed E-state index contributed by atoms with van der Waals surface area (Å²) in [7, 11) is 1.66. The molecule has 21 heavy (non-hydrogen) atoms. The van der Waals surface area contributed by atoms with Crippen LogP contribution in [0.4, 0.5) is 4.39 Å². The van der Waals surface area contributed by atoms with Crippen LogP contribution in [0.2, 0.25) is 5.02 Å². The van der Waals surface area contributed by atoms with Gasteiger partial charge in [0.15, 0.2) is 5.96 Å². The van der Waals surface area contributed by atoms with Crippen LogP contribution in [-0.4, -0.2) is 18.0 Å². The first-order valence-electron chi connectivity index (χ1n) is 6.47. The second kappa shape index (κ2) is 7.59. The van der Waals surface area contributed by atoms with Crippen LogP contribution >= 0.6 is 11.6 Å². The van der Waals surface area contributed by atoms with Crippen LogP contribution in [-0.2, 0) is 13.1 Å². The van der Waals surface area contributed by atoms with Crippen LogP contribution in [0.1, 0.15) is 11.3 Å². The van der Waals surface area contributed by atoms with Crippen LogP contribution in [0.3, 0.4) is 0 Å². The summed E-state index contributed by atoms with van der Waals surface area (Å²) < 4.78 is 13.5. The van der Waals surface area contributed by atoms with Gasteiger partial charge in [0.05, 0.1) is 12.2 Å². The molecule has 0 atom stereocenters. The maximum atomic E-state index is 13.5. The lowest BCUT2D eigenvalue weighted by Gasteiger charge is -2.12. The molecule has 0 fully saturated rings. The number of benzene rings is 1. The van der Waals surface area contributed by atoms with Crippen molar-refractivity contribution in [3.63, 3.8) is 0 Å². The Bertz CT molecular complexity index is 613. The van der Waals surface area contributed by atoms with Crippen molar-refractivity contribution in [2.75, 3.05) is 7.05 Å². The van der Waals surface area contributed by atoms with Crippen LogP contribution in [0.5, 0.6) is 0 Å². The van der Waals surface area contributed by atoms with Crippen molar-refractivity contribution in [2.24, 2.45) is 4.99 Å². The number of pyridine rings is 1. The Kier molecular flexibility index (Phi) is 5.51. The zero-order valence-electron chi connectivity index (χ0n) is 11.6. The Balaban J connectivity index is 1.86. The van der Waals surface area contributed by atoms with Gasteiger partial charge in [-0.1, -0.05) is 23.7 Å². The number of rotatable bonds is 4. The predicted molar refractivity (Wildman–Crippen MR) is 82.7 cm³/mol. The van der Waals surface area contributed by atoms with Crippen molar-refractivity contribution in [3.8, 4) is 0 Å². The van der Waals surface area contributed by atoms with Gasteiger partial charge >= 0.3 is 0 Å². The van der Waals surface area contributed by atoms with Gasteiger partial charge in [-0.3, -0.25) is 9.98 Å². The standard InChI is InChI=1S/C15H16ClFN4/c1-18-15(20-9-11-4-6-12(16)7-5-11)21-10-14-13(17)3-2-8-19-14/h2-8H,9-10H2,1H3,(H2,18,20,21). The van der Waals surface area contributed by atoms with Crippen LogP contribution in [0.15, 0.2) is 47.6 Å². The quantitative estimate of drug-likeness (QED) is 0.674. The summed E-state index contributed by atoms with van der Waals surface area (Å²) in [5.41, 5.74) is 1.43. The summed E-state index contributed by atoms with van der Waals surface area (Å²) in [4.78, 5) is 8.06. The van der Waals surface area contributed by atoms with E-state index in [-0.39, 0.29) is 12.4 Å². The Hall–Kier alpha value is -2.14. The second-order valence-electron chi connectivity index (χ2n) is 4.34. The minimum absolute atomic E-state index is 0.271. The van der Waals surface area contributed by atoms with Crippen molar-refractivity contribution in [1.82, 2.24) is 15.6 Å². The van der Waals surface area contributed by atoms with Crippen molar-refractivity contribution < 1.29 is 4.39 Å². The van der Waals surface area contributed by atoms with Crippen molar-refractivity contribution in [3.05, 3.63) is 64.7 Å². The maximum absolute atomic E-state index is 13.5. The molecule has 2 N–H and O–H groups in total. The summed E-state index contributed by atoms with van der Waals surface area (Å²) in [5, 5.41) is 6.86. The zero-order chi connectivity index (χ0) is 15.1. The molecule has 2 rings (SSSR count). The summed E-state index contributed by atoms with van der Waals surface area (Å²) in [6, 6.07) is 10.5. The molecule has 0 aliphatic rings. The van der Waals surface area contributed by atoms with E-state index >= 15 is 0 Å². The molecule has 0 spiro atoms. The fourth-order valence-corrected chi connectivity index (χ4v) is 1.85. The molecule has 0 unspecified atom stereocenters. The fourth-order valence-electron chi connectivity index (χ4n) is 1.72. The first kappa shape index (κ1) is 15.3. The smallest absolute Gasteiger partial charge is 0.191 e. The predicted octanol–water partition coefficient (Wildman–Crippen LogP) is 2.74. The molecule has 0 radical (unpaired) electrons. The molecule has 1 aromatic carbocycles. The van der Waals surface area contributed by atoms with Gasteiger partial charge in [0, 0.05) is 24.8 Å². The molecule has 2 aromatic rings. The fraction of sp³-hybridized carbons (Fsp3) is 0.200. The molecule has 0 aliphatic carbocycles. The van der Waals surface area contributed by atoms with E-state index in [2.05, 4.69) is 20.6 Å². The first-order valence-corrected chi connectivity index (χ1v) is 6.85. The van der Waals surface area contributed by atoms with Crippen LogP contribution < -0.4 is 10.6 Å². The molecule has 1 aromatic heterocycles. The van der Waals surface area contributed by atoms with E-state index in [1.54, 1.807) is 19.3 Å². The number of aliphatic imine (C=N–C) groups is 1. The van der Waals surface area contributed by atoms with Crippen LogP contribution in [0, 0.1) is 5.82 Å². The molecule has 0 bridgehead atoms. The molecular weight excluding hydrogens is 291 g/mol. The highest BCUT2D eigenvalue weighted by molar-refractivity contribution is 6.30. The number of aromatic nitrogens is 1. The highest BCUT2D eigenvalue weighted by atomic mass is 35.5. The summed E-state index contributed by atoms with van der Waals surface area (Å²) in [5.74, 6) is 0.244. The monoisotopic (exact) mass is 306 g/mol. The van der Waals surface area contributed by atoms with E-state index in [1.807, 2.05) is 24.3 Å². The average Bonchev–Trinajstić information content (AvgIpc) is 2.51. The normalized spacial score (nSPS) is 11.3. The van der Waals surface area contributed by atoms with Gasteiger partial charge in [0.25, 0.3) is 0 Å². The van der Waals surface area contributed by atoms with Gasteiger partial charge in [-0.25, -0.2) is 4.39 Å². The Labute approximate surface area is 128 Å². The Morgan fingerprint density at radius 2 is 1.90 bits per heavy atom. The third-order valence-corrected chi connectivity index (χ3v) is 3.11. The molecule has 1 heterocycles. The van der Waals surface area contributed by atoms with Crippen molar-refractivity contribution in [2.45, 2.75) is 13.1 Å². The van der Waals surface area contributed by atoms with Gasteiger partial charge in [0.1, 0.15) is 5.82 Å². The molecule has 0 amide bonds. The van der Waals surface area contributed by atoms with Gasteiger partial charge in [-0.05, 0) is 29.8 Å². The lowest BCUT2D eigenvalue weighted by molar-refractivity contribution is 0.592. The zero-order valence-corrected chi connectivity index (χ0v) is 12.4. The summed E-state index contributed by atoms with van der Waals surface area (Å²) in [6.07, 6.45) is 1.56. The number of nitrogens with one attached hydrogen (secondary N) is 2. The third kappa shape index (κ3) is 4.72. The minimum Gasteiger partial charge on any atom is -0.352 e. The van der Waals surface area contributed by atoms with Gasteiger partial charge in [0.2, 0.25) is 0 Å². The topological polar surface area (TPSA) is 49.3 Å². The van der Waals surface area contributed by atoms with Gasteiger partial charge in [-0.15, -0.1) is 0 Å². The van der Waals surface area contributed by atoms with Gasteiger partial charge < -0.3 is 10.6 Å². The van der Waals surface area contributed by atoms with E-state index in [1.165, 1.54) is 6.07 Å². The van der Waals surface area contributed by atoms with Crippen molar-refractivity contribution >= 4 is 17.6 Å². The molecule has 0 aliphatic heterocycles. The van der Waals surface area contributed by atoms with E-state index in [0.29, 0.717) is 23.2 Å². The van der Waals surface area contributed by atoms with E-state index in [0.717, 1.165) is 5.56 Å². The summed E-state index contributed by atoms with van der Waals surface area (Å²) in [6.45, 7) is 0.870. The number of guanidine groups is 1. The lowest BCUT2D eigenvalue weighted by Crippen LogP contribution is -2.36. The highest BCUT2D eigenvalue weighted by Gasteiger charge is 2.04. The molecule has 0 saturated carbocycles. The van der Waals surface area contributed by atoms with E-state index in [4.69, 9.17) is 11.6 Å². The maximum Gasteiger partial charge on any atom is 0.191 e. The minimum atomic E-state index is -0.335. The molecular formula is C15H16ClFN4. The number of hydrogen-bond donors (Lipinski definition) is 2. The molecule has 110 valence electrons. The second-order valence-corrected chi connectivity index (χ2v) is 4.77. The highest BCUT2D eigenvalue weighted by Crippen LogP contribution is 2.09. The number of nitrogens with zero attached hydrogens (tertiary/aromatic N) is 2. The lowest BCUT2D eigenvalue weighted by atomic mass is 10.2. The number of hydrogen-bond acceptors (Lipinski definition) is 2. The van der Waals surface area contributed by atoms with Crippen LogP contribution in [0.25, 0.3) is 0 Å². The Morgan fingerprint density at radius 1 is 1.19 bits per heavy atom. The summed E-state index contributed by atoms with van der Waals surface area (Å²) >= 11 is 5.84. The largest absolute Gasteiger partial charge is 0.352 e. The van der Waals surface area contributed by atoms with E-state index < -0.39 is 0 Å². The molecule has 6 heteroatoms. The first-order chi connectivity index (χ1) is 10.2. The number of halogens is 2. The molecule has 0 saturated heterocycles. The van der Waals surface area contributed by atoms with E-state index in [9.17, 15) is 4.39 Å². The van der Waals surface area contributed by atoms with Gasteiger partial charge in [-0.2, -0.15) is 0 Å². The van der Waals surface area contributed by atoms with Crippen molar-refractivity contribution in [1.29, 1.82) is 0 Å². The Morgan fingerprint density at radius 3 is 2.57 bits per heavy atom. The average molecular weight is 307 g/mol.